The zero-order valence-electron chi connectivity index (χ0n) is 16.9. The Hall–Kier alpha value is -2.73. The molecule has 0 radical (unpaired) electrons. The lowest BCUT2D eigenvalue weighted by atomic mass is 9.75. The van der Waals surface area contributed by atoms with Gasteiger partial charge in [-0.3, -0.25) is 9.69 Å². The van der Waals surface area contributed by atoms with Crippen LogP contribution in [0.3, 0.4) is 0 Å². The molecule has 1 aliphatic carbocycles. The Kier molecular flexibility index (Phi) is 4.67. The molecule has 1 aliphatic heterocycles. The minimum Gasteiger partial charge on any atom is -0.493 e. The van der Waals surface area contributed by atoms with Gasteiger partial charge in [0, 0.05) is 18.2 Å². The Morgan fingerprint density at radius 2 is 1.68 bits per heavy atom. The van der Waals surface area contributed by atoms with Crippen molar-refractivity contribution < 1.29 is 23.7 Å². The van der Waals surface area contributed by atoms with Gasteiger partial charge in [-0.05, 0) is 54.3 Å². The molecule has 2 aliphatic rings. The molecule has 2 aromatic rings. The number of rotatable bonds is 5. The van der Waals surface area contributed by atoms with Gasteiger partial charge in [-0.25, -0.2) is 0 Å². The number of likely N-dealkylation sites (N-methyl/N-ethyl adjacent to an activating group) is 1. The summed E-state index contributed by atoms with van der Waals surface area (Å²) in [5, 5.41) is 0. The topological polar surface area (TPSA) is 57.2 Å². The molecule has 6 heteroatoms. The summed E-state index contributed by atoms with van der Waals surface area (Å²) in [6.45, 7) is 0.885. The molecule has 0 aromatic heterocycles. The number of hydrogen-bond acceptors (Lipinski definition) is 6. The number of carbonyl (C=O) groups excluding carboxylic acids is 1. The van der Waals surface area contributed by atoms with E-state index >= 15 is 0 Å². The third-order valence-corrected chi connectivity index (χ3v) is 6.00. The van der Waals surface area contributed by atoms with Gasteiger partial charge in [0.1, 0.15) is 0 Å². The lowest BCUT2D eigenvalue weighted by Crippen LogP contribution is -2.36. The highest BCUT2D eigenvalue weighted by Gasteiger charge is 2.39. The maximum Gasteiger partial charge on any atom is 0.172 e. The van der Waals surface area contributed by atoms with Crippen LogP contribution < -0.4 is 18.9 Å². The van der Waals surface area contributed by atoms with E-state index in [0.29, 0.717) is 28.6 Å². The molecule has 0 amide bonds. The molecule has 6 nitrogen and oxygen atoms in total. The van der Waals surface area contributed by atoms with Gasteiger partial charge in [-0.1, -0.05) is 0 Å². The fourth-order valence-corrected chi connectivity index (χ4v) is 4.67. The van der Waals surface area contributed by atoms with E-state index in [2.05, 4.69) is 11.9 Å². The zero-order valence-corrected chi connectivity index (χ0v) is 16.9. The van der Waals surface area contributed by atoms with Gasteiger partial charge in [0.05, 0.1) is 34.0 Å². The Labute approximate surface area is 165 Å². The van der Waals surface area contributed by atoms with Crippen LogP contribution in [0.25, 0.3) is 11.1 Å². The Morgan fingerprint density at radius 3 is 2.29 bits per heavy atom. The summed E-state index contributed by atoms with van der Waals surface area (Å²) in [5.74, 6) is 2.46. The first-order valence-corrected chi connectivity index (χ1v) is 9.30. The minimum atomic E-state index is 0.169. The second-order valence-corrected chi connectivity index (χ2v) is 7.18. The lowest BCUT2D eigenvalue weighted by molar-refractivity contribution is 0.111. The fourth-order valence-electron chi connectivity index (χ4n) is 4.67. The van der Waals surface area contributed by atoms with Crippen molar-refractivity contribution in [2.45, 2.75) is 18.9 Å². The lowest BCUT2D eigenvalue weighted by Gasteiger charge is -2.41. The molecule has 1 unspecified atom stereocenters. The van der Waals surface area contributed by atoms with Crippen molar-refractivity contribution in [1.29, 1.82) is 0 Å². The molecule has 1 atom stereocenters. The summed E-state index contributed by atoms with van der Waals surface area (Å²) in [5.41, 5.74) is 6.00. The molecule has 0 spiro atoms. The molecule has 0 N–H and O–H groups in total. The van der Waals surface area contributed by atoms with Crippen molar-refractivity contribution in [1.82, 2.24) is 4.90 Å². The maximum absolute atomic E-state index is 12.0. The Morgan fingerprint density at radius 1 is 1.00 bits per heavy atom. The third-order valence-electron chi connectivity index (χ3n) is 6.00. The SMILES string of the molecule is COc1cc2c(cc1OC)-c1c(OC)c(OC)c(C=O)c3c1C(C2)N(C)CC3. The predicted molar refractivity (Wildman–Crippen MR) is 106 cm³/mol. The summed E-state index contributed by atoms with van der Waals surface area (Å²) in [7, 11) is 8.60. The highest BCUT2D eigenvalue weighted by molar-refractivity contribution is 5.93. The van der Waals surface area contributed by atoms with Crippen LogP contribution in [0.2, 0.25) is 0 Å². The van der Waals surface area contributed by atoms with Crippen LogP contribution in [0.1, 0.15) is 33.1 Å². The standard InChI is InChI=1S/C22H25NO5/c1-23-7-6-13-15(11-24)21(27-4)22(28-5)20-14-10-18(26-3)17(25-2)9-12(14)8-16(23)19(13)20/h9-11,16H,6-8H2,1-5H3. The van der Waals surface area contributed by atoms with Crippen molar-refractivity contribution in [3.63, 3.8) is 0 Å². The Balaban J connectivity index is 2.13. The van der Waals surface area contributed by atoms with E-state index in [1.807, 2.05) is 12.1 Å². The van der Waals surface area contributed by atoms with Gasteiger partial charge in [0.25, 0.3) is 0 Å². The molecule has 148 valence electrons. The van der Waals surface area contributed by atoms with Crippen molar-refractivity contribution in [3.8, 4) is 34.1 Å². The van der Waals surface area contributed by atoms with Gasteiger partial charge in [0.2, 0.25) is 0 Å². The number of benzene rings is 2. The first kappa shape index (κ1) is 18.6. The van der Waals surface area contributed by atoms with E-state index in [1.165, 1.54) is 0 Å². The second kappa shape index (κ2) is 7.02. The number of fused-ring (bicyclic) bond motifs is 2. The van der Waals surface area contributed by atoms with E-state index in [9.17, 15) is 4.79 Å². The molecule has 0 saturated carbocycles. The van der Waals surface area contributed by atoms with Gasteiger partial charge < -0.3 is 18.9 Å². The summed E-state index contributed by atoms with van der Waals surface area (Å²) in [4.78, 5) is 14.3. The van der Waals surface area contributed by atoms with E-state index in [1.54, 1.807) is 28.4 Å². The van der Waals surface area contributed by atoms with Crippen LogP contribution in [-0.2, 0) is 12.8 Å². The van der Waals surface area contributed by atoms with Crippen molar-refractivity contribution >= 4 is 6.29 Å². The van der Waals surface area contributed by atoms with Gasteiger partial charge in [-0.15, -0.1) is 0 Å². The third kappa shape index (κ3) is 2.48. The molecule has 0 saturated heterocycles. The number of methoxy groups -OCH3 is 4. The van der Waals surface area contributed by atoms with Gasteiger partial charge in [-0.2, -0.15) is 0 Å². The van der Waals surface area contributed by atoms with E-state index in [-0.39, 0.29) is 6.04 Å². The average molecular weight is 383 g/mol. The van der Waals surface area contributed by atoms with Gasteiger partial charge in [0.15, 0.2) is 29.3 Å². The average Bonchev–Trinajstić information content (AvgIpc) is 2.73. The largest absolute Gasteiger partial charge is 0.493 e. The quantitative estimate of drug-likeness (QED) is 0.739. The molecular weight excluding hydrogens is 358 g/mol. The molecule has 28 heavy (non-hydrogen) atoms. The first-order valence-electron chi connectivity index (χ1n) is 9.30. The summed E-state index contributed by atoms with van der Waals surface area (Å²) in [6.07, 6.45) is 2.52. The van der Waals surface area contributed by atoms with E-state index in [4.69, 9.17) is 18.9 Å². The van der Waals surface area contributed by atoms with Crippen LogP contribution in [0.4, 0.5) is 0 Å². The number of nitrogens with zero attached hydrogens (tertiary/aromatic N) is 1. The number of aldehydes is 1. The van der Waals surface area contributed by atoms with Gasteiger partial charge >= 0.3 is 0 Å². The normalized spacial score (nSPS) is 17.4. The molecule has 0 fully saturated rings. The highest BCUT2D eigenvalue weighted by Crippen LogP contribution is 2.55. The van der Waals surface area contributed by atoms with Crippen LogP contribution >= 0.6 is 0 Å². The van der Waals surface area contributed by atoms with E-state index < -0.39 is 0 Å². The Bertz CT molecular complexity index is 953. The second-order valence-electron chi connectivity index (χ2n) is 7.18. The van der Waals surface area contributed by atoms with Crippen LogP contribution in [0.15, 0.2) is 12.1 Å². The molecule has 2 aromatic carbocycles. The molecule has 1 heterocycles. The molecule has 0 bridgehead atoms. The first-order chi connectivity index (χ1) is 13.6. The number of carbonyl (C=O) groups is 1. The highest BCUT2D eigenvalue weighted by atomic mass is 16.5. The zero-order chi connectivity index (χ0) is 20.0. The minimum absolute atomic E-state index is 0.169. The predicted octanol–water partition coefficient (Wildman–Crippen LogP) is 3.29. The van der Waals surface area contributed by atoms with Crippen molar-refractivity contribution in [2.24, 2.45) is 0 Å². The van der Waals surface area contributed by atoms with Crippen LogP contribution in [-0.4, -0.2) is 53.2 Å². The van der Waals surface area contributed by atoms with Crippen molar-refractivity contribution in [3.05, 3.63) is 34.4 Å². The van der Waals surface area contributed by atoms with E-state index in [0.717, 1.165) is 53.5 Å². The molecule has 4 rings (SSSR count). The summed E-state index contributed by atoms with van der Waals surface area (Å²) < 4.78 is 22.5. The van der Waals surface area contributed by atoms with Crippen molar-refractivity contribution in [2.75, 3.05) is 42.0 Å². The summed E-state index contributed by atoms with van der Waals surface area (Å²) >= 11 is 0. The summed E-state index contributed by atoms with van der Waals surface area (Å²) in [6, 6.07) is 4.21. The molecular formula is C22H25NO5. The fraction of sp³-hybridized carbons (Fsp3) is 0.409. The number of hydrogen-bond donors (Lipinski definition) is 0. The maximum atomic E-state index is 12.0. The van der Waals surface area contributed by atoms with Crippen LogP contribution in [0, 0.1) is 0 Å². The number of ether oxygens (including phenoxy) is 4. The smallest absolute Gasteiger partial charge is 0.172 e. The van der Waals surface area contributed by atoms with Crippen LogP contribution in [0.5, 0.6) is 23.0 Å². The monoisotopic (exact) mass is 383 g/mol.